The third kappa shape index (κ3) is 6.18. The topological polar surface area (TPSA) is 52.0 Å². The number of piperazine rings is 1. The summed E-state index contributed by atoms with van der Waals surface area (Å²) in [6.45, 7) is 3.19. The van der Waals surface area contributed by atoms with E-state index in [1.807, 2.05) is 16.1 Å². The number of hydrogen-bond acceptors (Lipinski definition) is 4. The minimum absolute atomic E-state index is 0.116. The summed E-state index contributed by atoms with van der Waals surface area (Å²) in [6, 6.07) is 6.87. The van der Waals surface area contributed by atoms with Crippen LogP contribution in [0.3, 0.4) is 0 Å². The minimum Gasteiger partial charge on any atom is -0.353 e. The number of anilines is 1. The maximum absolute atomic E-state index is 13.6. The third-order valence-electron chi connectivity index (χ3n) is 8.91. The summed E-state index contributed by atoms with van der Waals surface area (Å²) in [5, 5.41) is 6.47. The molecule has 2 saturated carbocycles. The molecule has 6 heteroatoms. The van der Waals surface area contributed by atoms with E-state index in [9.17, 15) is 4.79 Å². The molecule has 2 aliphatic carbocycles. The van der Waals surface area contributed by atoms with Gasteiger partial charge in [-0.1, -0.05) is 70.3 Å². The molecule has 0 aromatic carbocycles. The zero-order chi connectivity index (χ0) is 23.9. The second kappa shape index (κ2) is 12.2. The van der Waals surface area contributed by atoms with Gasteiger partial charge in [-0.25, -0.2) is 14.8 Å². The molecule has 0 radical (unpaired) electrons. The van der Waals surface area contributed by atoms with Crippen LogP contribution in [-0.4, -0.2) is 59.4 Å². The molecule has 3 heterocycles. The van der Waals surface area contributed by atoms with Gasteiger partial charge in [-0.3, -0.25) is 0 Å². The quantitative estimate of drug-likeness (QED) is 0.492. The molecule has 1 saturated heterocycles. The molecule has 0 N–H and O–H groups in total. The fraction of sp³-hybridized carbons (Fsp3) is 0.759. The Labute approximate surface area is 212 Å². The van der Waals surface area contributed by atoms with Crippen LogP contribution in [-0.2, 0) is 0 Å². The molecule has 2 aliphatic heterocycles. The highest BCUT2D eigenvalue weighted by Crippen LogP contribution is 2.34. The van der Waals surface area contributed by atoms with Crippen molar-refractivity contribution in [1.29, 1.82) is 0 Å². The van der Waals surface area contributed by atoms with E-state index in [-0.39, 0.29) is 12.1 Å². The molecule has 6 nitrogen and oxygen atoms in total. The Bertz CT molecular complexity index is 831. The SMILES string of the molecule is O=C(N1CCN(c2cccc(C3CCCC3)n2)CC1)N1N=CCC1C1CCCCCCCCCC1. The minimum atomic E-state index is 0.116. The van der Waals surface area contributed by atoms with Gasteiger partial charge in [0.2, 0.25) is 0 Å². The molecular weight excluding hydrogens is 434 g/mol. The van der Waals surface area contributed by atoms with Gasteiger partial charge < -0.3 is 9.80 Å². The zero-order valence-corrected chi connectivity index (χ0v) is 21.6. The standard InChI is InChI=1S/C29H45N5O/c35-29(34-27(18-19-30-34)25-14-7-5-3-1-2-4-6-8-15-25)33-22-20-32(21-23-33)28-17-11-16-26(31-28)24-12-9-10-13-24/h11,16-17,19,24-25,27H,1-10,12-15,18,20-23H2. The van der Waals surface area contributed by atoms with Crippen LogP contribution in [0.2, 0.25) is 0 Å². The number of hydrazone groups is 1. The average Bonchev–Trinajstić information content (AvgIpc) is 3.60. The van der Waals surface area contributed by atoms with Gasteiger partial charge in [0.1, 0.15) is 5.82 Å². The molecule has 35 heavy (non-hydrogen) atoms. The van der Waals surface area contributed by atoms with E-state index < -0.39 is 0 Å². The highest BCUT2D eigenvalue weighted by atomic mass is 16.2. The predicted octanol–water partition coefficient (Wildman–Crippen LogP) is 6.57. The van der Waals surface area contributed by atoms with Crippen LogP contribution in [0.25, 0.3) is 0 Å². The molecule has 1 aromatic rings. The molecule has 192 valence electrons. The second-order valence-electron chi connectivity index (χ2n) is 11.3. The maximum atomic E-state index is 13.6. The van der Waals surface area contributed by atoms with E-state index in [4.69, 9.17) is 4.98 Å². The van der Waals surface area contributed by atoms with E-state index in [0.29, 0.717) is 11.8 Å². The van der Waals surface area contributed by atoms with E-state index in [0.717, 1.165) is 38.4 Å². The van der Waals surface area contributed by atoms with Crippen LogP contribution in [0.1, 0.15) is 108 Å². The molecule has 0 spiro atoms. The van der Waals surface area contributed by atoms with Gasteiger partial charge in [-0.2, -0.15) is 5.10 Å². The Balaban J connectivity index is 1.17. The molecule has 4 aliphatic rings. The Kier molecular flexibility index (Phi) is 8.59. The lowest BCUT2D eigenvalue weighted by Crippen LogP contribution is -2.54. The van der Waals surface area contributed by atoms with Crippen LogP contribution < -0.4 is 4.90 Å². The molecule has 1 aromatic heterocycles. The zero-order valence-electron chi connectivity index (χ0n) is 21.6. The summed E-state index contributed by atoms with van der Waals surface area (Å²) in [6.07, 6.45) is 21.4. The fourth-order valence-electron chi connectivity index (χ4n) is 6.75. The smallest absolute Gasteiger partial charge is 0.340 e. The first-order chi connectivity index (χ1) is 17.3. The van der Waals surface area contributed by atoms with Gasteiger partial charge in [-0.15, -0.1) is 0 Å². The van der Waals surface area contributed by atoms with Gasteiger partial charge in [0, 0.05) is 50.4 Å². The van der Waals surface area contributed by atoms with Crippen molar-refractivity contribution < 1.29 is 4.79 Å². The highest BCUT2D eigenvalue weighted by molar-refractivity contribution is 5.78. The predicted molar refractivity (Wildman–Crippen MR) is 143 cm³/mol. The van der Waals surface area contributed by atoms with Gasteiger partial charge in [-0.05, 0) is 43.7 Å². The lowest BCUT2D eigenvalue weighted by molar-refractivity contribution is 0.117. The summed E-state index contributed by atoms with van der Waals surface area (Å²) in [7, 11) is 0. The first-order valence-electron chi connectivity index (χ1n) is 14.6. The van der Waals surface area contributed by atoms with Crippen molar-refractivity contribution >= 4 is 18.1 Å². The highest BCUT2D eigenvalue weighted by Gasteiger charge is 2.36. The average molecular weight is 480 g/mol. The van der Waals surface area contributed by atoms with Crippen LogP contribution in [0.15, 0.2) is 23.3 Å². The molecule has 5 rings (SSSR count). The fourth-order valence-corrected chi connectivity index (χ4v) is 6.75. The van der Waals surface area contributed by atoms with Crippen molar-refractivity contribution in [2.45, 2.75) is 108 Å². The number of amides is 2. The first kappa shape index (κ1) is 24.6. The van der Waals surface area contributed by atoms with Gasteiger partial charge in [0.25, 0.3) is 0 Å². The number of urea groups is 1. The van der Waals surface area contributed by atoms with Gasteiger partial charge in [0.05, 0.1) is 6.04 Å². The number of hydrogen-bond donors (Lipinski definition) is 0. The Morgan fingerprint density at radius 1 is 0.771 bits per heavy atom. The summed E-state index contributed by atoms with van der Waals surface area (Å²) in [5.74, 6) is 2.30. The van der Waals surface area contributed by atoms with Crippen LogP contribution >= 0.6 is 0 Å². The molecule has 1 unspecified atom stereocenters. The van der Waals surface area contributed by atoms with Crippen molar-refractivity contribution in [1.82, 2.24) is 14.9 Å². The van der Waals surface area contributed by atoms with Gasteiger partial charge in [0.15, 0.2) is 0 Å². The summed E-state index contributed by atoms with van der Waals surface area (Å²) < 4.78 is 0. The number of carbonyl (C=O) groups is 1. The van der Waals surface area contributed by atoms with E-state index in [2.05, 4.69) is 28.2 Å². The summed E-state index contributed by atoms with van der Waals surface area (Å²) in [4.78, 5) is 23.0. The molecule has 3 fully saturated rings. The van der Waals surface area contributed by atoms with E-state index in [1.54, 1.807) is 0 Å². The van der Waals surface area contributed by atoms with Crippen molar-refractivity contribution in [3.05, 3.63) is 23.9 Å². The second-order valence-corrected chi connectivity index (χ2v) is 11.3. The monoisotopic (exact) mass is 479 g/mol. The number of carbonyl (C=O) groups excluding carboxylic acids is 1. The lowest BCUT2D eigenvalue weighted by Gasteiger charge is -2.39. The Morgan fingerprint density at radius 2 is 1.40 bits per heavy atom. The van der Waals surface area contributed by atoms with Gasteiger partial charge >= 0.3 is 6.03 Å². The molecule has 0 bridgehead atoms. The Morgan fingerprint density at radius 3 is 2.09 bits per heavy atom. The first-order valence-corrected chi connectivity index (χ1v) is 14.6. The number of rotatable bonds is 3. The normalized spacial score (nSPS) is 25.7. The van der Waals surface area contributed by atoms with Crippen molar-refractivity contribution in [2.75, 3.05) is 31.1 Å². The molecular formula is C29H45N5O. The van der Waals surface area contributed by atoms with Crippen LogP contribution in [0, 0.1) is 5.92 Å². The van der Waals surface area contributed by atoms with Crippen molar-refractivity contribution in [2.24, 2.45) is 11.0 Å². The Hall–Kier alpha value is -2.11. The summed E-state index contributed by atoms with van der Waals surface area (Å²) >= 11 is 0. The number of pyridine rings is 1. The van der Waals surface area contributed by atoms with Crippen molar-refractivity contribution in [3.63, 3.8) is 0 Å². The number of aromatic nitrogens is 1. The summed E-state index contributed by atoms with van der Waals surface area (Å²) in [5.41, 5.74) is 1.26. The van der Waals surface area contributed by atoms with Crippen LogP contribution in [0.5, 0.6) is 0 Å². The van der Waals surface area contributed by atoms with E-state index in [1.165, 1.54) is 95.6 Å². The van der Waals surface area contributed by atoms with Crippen molar-refractivity contribution in [3.8, 4) is 0 Å². The third-order valence-corrected chi connectivity index (χ3v) is 8.91. The lowest BCUT2D eigenvalue weighted by atomic mass is 9.87. The molecule has 1 atom stereocenters. The van der Waals surface area contributed by atoms with E-state index >= 15 is 0 Å². The number of nitrogens with zero attached hydrogens (tertiary/aromatic N) is 5. The largest absolute Gasteiger partial charge is 0.353 e. The maximum Gasteiger partial charge on any atom is 0.340 e. The van der Waals surface area contributed by atoms with Crippen LogP contribution in [0.4, 0.5) is 10.6 Å². The molecule has 2 amide bonds.